The molecular weight excluding hydrogens is 390 g/mol. The summed E-state index contributed by atoms with van der Waals surface area (Å²) in [5.41, 5.74) is 2.34. The molecule has 0 bridgehead atoms. The largest absolute Gasteiger partial charge is 0.301 e. The van der Waals surface area contributed by atoms with E-state index in [9.17, 15) is 4.79 Å². The molecule has 3 aromatic heterocycles. The molecule has 0 fully saturated rings. The second-order valence-electron chi connectivity index (χ2n) is 5.27. The van der Waals surface area contributed by atoms with Gasteiger partial charge in [-0.1, -0.05) is 47.6 Å². The van der Waals surface area contributed by atoms with Crippen molar-refractivity contribution in [1.29, 1.82) is 0 Å². The predicted molar refractivity (Wildman–Crippen MR) is 105 cm³/mol. The SMILES string of the molecule is O=C(CSc1nnc2ccccn12)Nc1nc(-c2ccccc2Cl)cs1. The maximum atomic E-state index is 12.2. The second-order valence-corrected chi connectivity index (χ2v) is 7.47. The Morgan fingerprint density at radius 1 is 1.19 bits per heavy atom. The van der Waals surface area contributed by atoms with Crippen LogP contribution in [-0.2, 0) is 4.79 Å². The van der Waals surface area contributed by atoms with Gasteiger partial charge < -0.3 is 5.32 Å². The molecule has 0 aliphatic rings. The lowest BCUT2D eigenvalue weighted by Gasteiger charge is -2.01. The zero-order chi connectivity index (χ0) is 17.9. The summed E-state index contributed by atoms with van der Waals surface area (Å²) in [6.45, 7) is 0. The number of carbonyl (C=O) groups excluding carboxylic acids is 1. The van der Waals surface area contributed by atoms with Gasteiger partial charge in [0.25, 0.3) is 0 Å². The van der Waals surface area contributed by atoms with Crippen LogP contribution >= 0.6 is 34.7 Å². The van der Waals surface area contributed by atoms with Gasteiger partial charge in [0.1, 0.15) is 0 Å². The lowest BCUT2D eigenvalue weighted by atomic mass is 10.2. The molecule has 130 valence electrons. The first-order valence-corrected chi connectivity index (χ1v) is 9.88. The number of benzene rings is 1. The topological polar surface area (TPSA) is 72.2 Å². The number of amides is 1. The number of aromatic nitrogens is 4. The Bertz CT molecular complexity index is 1080. The Kier molecular flexibility index (Phi) is 4.87. The fraction of sp³-hybridized carbons (Fsp3) is 0.0588. The average molecular weight is 402 g/mol. The summed E-state index contributed by atoms with van der Waals surface area (Å²) >= 11 is 8.87. The van der Waals surface area contributed by atoms with Crippen LogP contribution < -0.4 is 5.32 Å². The molecular formula is C17H12ClN5OS2. The van der Waals surface area contributed by atoms with E-state index in [1.54, 1.807) is 0 Å². The highest BCUT2D eigenvalue weighted by molar-refractivity contribution is 7.99. The third-order valence-corrected chi connectivity index (χ3v) is 5.55. The van der Waals surface area contributed by atoms with Crippen molar-refractivity contribution in [2.75, 3.05) is 11.1 Å². The van der Waals surface area contributed by atoms with Crippen molar-refractivity contribution in [2.45, 2.75) is 5.16 Å². The monoisotopic (exact) mass is 401 g/mol. The molecule has 0 radical (unpaired) electrons. The average Bonchev–Trinajstić information content (AvgIpc) is 3.27. The van der Waals surface area contributed by atoms with Gasteiger partial charge in [-0.15, -0.1) is 21.5 Å². The van der Waals surface area contributed by atoms with Crippen LogP contribution in [0.1, 0.15) is 0 Å². The fourth-order valence-corrected chi connectivity index (χ4v) is 4.01. The van der Waals surface area contributed by atoms with Crippen molar-refractivity contribution in [1.82, 2.24) is 19.6 Å². The summed E-state index contributed by atoms with van der Waals surface area (Å²) in [6, 6.07) is 13.1. The number of anilines is 1. The normalized spacial score (nSPS) is 11.0. The van der Waals surface area contributed by atoms with Gasteiger partial charge in [0.05, 0.1) is 11.4 Å². The highest BCUT2D eigenvalue weighted by Gasteiger charge is 2.12. The van der Waals surface area contributed by atoms with E-state index >= 15 is 0 Å². The molecule has 0 saturated carbocycles. The fourth-order valence-electron chi connectivity index (χ4n) is 2.33. The van der Waals surface area contributed by atoms with Gasteiger partial charge in [-0.25, -0.2) is 4.98 Å². The Labute approximate surface area is 162 Å². The third kappa shape index (κ3) is 3.57. The first kappa shape index (κ1) is 17.0. The molecule has 1 amide bonds. The first-order valence-electron chi connectivity index (χ1n) is 7.63. The maximum absolute atomic E-state index is 12.2. The lowest BCUT2D eigenvalue weighted by Crippen LogP contribution is -2.14. The van der Waals surface area contributed by atoms with E-state index < -0.39 is 0 Å². The first-order chi connectivity index (χ1) is 12.7. The van der Waals surface area contributed by atoms with E-state index in [-0.39, 0.29) is 11.7 Å². The molecule has 1 N–H and O–H groups in total. The molecule has 0 atom stereocenters. The van der Waals surface area contributed by atoms with Crippen LogP contribution in [0.3, 0.4) is 0 Å². The van der Waals surface area contributed by atoms with Crippen LogP contribution in [0.4, 0.5) is 5.13 Å². The smallest absolute Gasteiger partial charge is 0.236 e. The van der Waals surface area contributed by atoms with Gasteiger partial charge in [0.2, 0.25) is 5.91 Å². The third-order valence-electron chi connectivity index (χ3n) is 3.52. The van der Waals surface area contributed by atoms with Crippen molar-refractivity contribution < 1.29 is 4.79 Å². The van der Waals surface area contributed by atoms with Crippen LogP contribution in [-0.4, -0.2) is 31.2 Å². The molecule has 6 nitrogen and oxygen atoms in total. The van der Waals surface area contributed by atoms with Crippen LogP contribution in [0.2, 0.25) is 5.02 Å². The van der Waals surface area contributed by atoms with Gasteiger partial charge >= 0.3 is 0 Å². The molecule has 3 heterocycles. The molecule has 4 rings (SSSR count). The number of rotatable bonds is 5. The van der Waals surface area contributed by atoms with Crippen LogP contribution in [0.5, 0.6) is 0 Å². The van der Waals surface area contributed by atoms with Crippen molar-refractivity contribution in [3.63, 3.8) is 0 Å². The van der Waals surface area contributed by atoms with Gasteiger partial charge in [0.15, 0.2) is 15.9 Å². The number of nitrogens with one attached hydrogen (secondary N) is 1. The highest BCUT2D eigenvalue weighted by atomic mass is 35.5. The summed E-state index contributed by atoms with van der Waals surface area (Å²) in [7, 11) is 0. The number of thiazole rings is 1. The van der Waals surface area contributed by atoms with Crippen LogP contribution in [0, 0.1) is 0 Å². The maximum Gasteiger partial charge on any atom is 0.236 e. The molecule has 0 aliphatic heterocycles. The van der Waals surface area contributed by atoms with E-state index in [4.69, 9.17) is 11.6 Å². The Balaban J connectivity index is 1.40. The van der Waals surface area contributed by atoms with E-state index in [0.29, 0.717) is 15.3 Å². The van der Waals surface area contributed by atoms with Crippen molar-refractivity contribution in [3.8, 4) is 11.3 Å². The minimum atomic E-state index is -0.150. The number of hydrogen-bond acceptors (Lipinski definition) is 6. The Hall–Kier alpha value is -2.42. The van der Waals surface area contributed by atoms with Crippen LogP contribution in [0.25, 0.3) is 16.9 Å². The number of hydrogen-bond donors (Lipinski definition) is 1. The molecule has 0 spiro atoms. The zero-order valence-electron chi connectivity index (χ0n) is 13.3. The predicted octanol–water partition coefficient (Wildman–Crippen LogP) is 4.24. The highest BCUT2D eigenvalue weighted by Crippen LogP contribution is 2.30. The Morgan fingerprint density at radius 2 is 2.04 bits per heavy atom. The standard InChI is InChI=1S/C17H12ClN5OS2/c18-12-6-2-1-5-11(12)13-9-25-16(19-13)20-15(24)10-26-17-22-21-14-7-3-4-8-23(14)17/h1-9H,10H2,(H,19,20,24). The van der Waals surface area contributed by atoms with Crippen LogP contribution in [0.15, 0.2) is 59.2 Å². The lowest BCUT2D eigenvalue weighted by molar-refractivity contribution is -0.113. The van der Waals surface area contributed by atoms with Crippen molar-refractivity contribution in [2.24, 2.45) is 0 Å². The van der Waals surface area contributed by atoms with Gasteiger partial charge in [-0.2, -0.15) is 0 Å². The molecule has 0 aliphatic carbocycles. The summed E-state index contributed by atoms with van der Waals surface area (Å²) in [6.07, 6.45) is 1.87. The number of thioether (sulfide) groups is 1. The Morgan fingerprint density at radius 3 is 2.92 bits per heavy atom. The number of pyridine rings is 1. The summed E-state index contributed by atoms with van der Waals surface area (Å²) in [5.74, 6) is 0.0687. The number of carbonyl (C=O) groups is 1. The number of fused-ring (bicyclic) bond motifs is 1. The molecule has 26 heavy (non-hydrogen) atoms. The summed E-state index contributed by atoms with van der Waals surface area (Å²) in [4.78, 5) is 16.6. The molecule has 0 saturated heterocycles. The van der Waals surface area contributed by atoms with Gasteiger partial charge in [0, 0.05) is 22.2 Å². The second kappa shape index (κ2) is 7.45. The number of nitrogens with zero attached hydrogens (tertiary/aromatic N) is 4. The minimum absolute atomic E-state index is 0.150. The van der Waals surface area contributed by atoms with Gasteiger partial charge in [-0.3, -0.25) is 9.20 Å². The van der Waals surface area contributed by atoms with E-state index in [1.807, 2.05) is 58.4 Å². The van der Waals surface area contributed by atoms with Crippen molar-refractivity contribution >= 4 is 51.4 Å². The molecule has 4 aromatic rings. The van der Waals surface area contributed by atoms with E-state index in [1.165, 1.54) is 23.1 Å². The summed E-state index contributed by atoms with van der Waals surface area (Å²) in [5, 5.41) is 14.7. The quantitative estimate of drug-likeness (QED) is 0.506. The van der Waals surface area contributed by atoms with E-state index in [2.05, 4.69) is 20.5 Å². The molecule has 1 aromatic carbocycles. The van der Waals surface area contributed by atoms with Crippen molar-refractivity contribution in [3.05, 3.63) is 59.1 Å². The molecule has 0 unspecified atom stereocenters. The molecule has 9 heteroatoms. The number of halogens is 1. The van der Waals surface area contributed by atoms with E-state index in [0.717, 1.165) is 16.9 Å². The zero-order valence-corrected chi connectivity index (χ0v) is 15.7. The van der Waals surface area contributed by atoms with Gasteiger partial charge in [-0.05, 0) is 18.2 Å². The summed E-state index contributed by atoms with van der Waals surface area (Å²) < 4.78 is 1.84. The minimum Gasteiger partial charge on any atom is -0.301 e.